The number of ether oxygens (including phenoxy) is 1. The number of benzene rings is 2. The number of rotatable bonds is 3. The first-order chi connectivity index (χ1) is 8.70. The van der Waals surface area contributed by atoms with E-state index in [0.29, 0.717) is 17.1 Å². The maximum atomic E-state index is 11.7. The molecule has 3 nitrogen and oxygen atoms in total. The molecule has 1 N–H and O–H groups in total. The summed E-state index contributed by atoms with van der Waals surface area (Å²) in [6.45, 7) is 0. The van der Waals surface area contributed by atoms with Crippen LogP contribution in [0.1, 0.15) is 10.4 Å². The van der Waals surface area contributed by atoms with Crippen molar-refractivity contribution >= 4 is 21.8 Å². The quantitative estimate of drug-likeness (QED) is 0.941. The molecular formula is C14H12BrNO2. The second-order valence-electron chi connectivity index (χ2n) is 3.63. The molecule has 0 aliphatic carbocycles. The van der Waals surface area contributed by atoms with Crippen LogP contribution in [0.5, 0.6) is 11.5 Å². The molecule has 0 saturated carbocycles. The second kappa shape index (κ2) is 5.69. The number of hydrogen-bond acceptors (Lipinski definition) is 2. The van der Waals surface area contributed by atoms with Crippen LogP contribution in [-0.2, 0) is 0 Å². The summed E-state index contributed by atoms with van der Waals surface area (Å²) in [5, 5.41) is 2.59. The molecule has 2 rings (SSSR count). The van der Waals surface area contributed by atoms with Gasteiger partial charge in [-0.25, -0.2) is 0 Å². The number of hydrogen-bond donors (Lipinski definition) is 1. The highest BCUT2D eigenvalue weighted by Crippen LogP contribution is 2.27. The van der Waals surface area contributed by atoms with E-state index in [-0.39, 0.29) is 5.91 Å². The number of carbonyl (C=O) groups excluding carboxylic acids is 1. The Morgan fingerprint density at radius 3 is 2.67 bits per heavy atom. The van der Waals surface area contributed by atoms with Gasteiger partial charge in [-0.15, -0.1) is 0 Å². The summed E-state index contributed by atoms with van der Waals surface area (Å²) in [5.74, 6) is 1.05. The lowest BCUT2D eigenvalue weighted by molar-refractivity contribution is 0.0961. The van der Waals surface area contributed by atoms with Gasteiger partial charge in [0.25, 0.3) is 5.91 Å². The Bertz CT molecular complexity index is 569. The van der Waals surface area contributed by atoms with E-state index in [1.54, 1.807) is 25.2 Å². The fourth-order valence-electron chi connectivity index (χ4n) is 1.54. The molecule has 1 amide bonds. The second-order valence-corrected chi connectivity index (χ2v) is 4.55. The van der Waals surface area contributed by atoms with Crippen LogP contribution >= 0.6 is 15.9 Å². The zero-order valence-corrected chi connectivity index (χ0v) is 11.4. The van der Waals surface area contributed by atoms with Gasteiger partial charge in [-0.05, 0) is 30.3 Å². The lowest BCUT2D eigenvalue weighted by atomic mass is 10.2. The number of para-hydroxylation sites is 1. The SMILES string of the molecule is CNC(=O)c1ccccc1Oc1cccc(Br)c1. The predicted octanol–water partition coefficient (Wildman–Crippen LogP) is 3.60. The topological polar surface area (TPSA) is 38.3 Å². The smallest absolute Gasteiger partial charge is 0.254 e. The van der Waals surface area contributed by atoms with Crippen LogP contribution in [0, 0.1) is 0 Å². The van der Waals surface area contributed by atoms with Crippen LogP contribution in [0.25, 0.3) is 0 Å². The average molecular weight is 306 g/mol. The van der Waals surface area contributed by atoms with Crippen LogP contribution in [0.4, 0.5) is 0 Å². The third kappa shape index (κ3) is 2.90. The normalized spacial score (nSPS) is 9.89. The number of carbonyl (C=O) groups is 1. The fourth-order valence-corrected chi connectivity index (χ4v) is 1.91. The van der Waals surface area contributed by atoms with Crippen LogP contribution in [0.2, 0.25) is 0 Å². The lowest BCUT2D eigenvalue weighted by Crippen LogP contribution is -2.18. The van der Waals surface area contributed by atoms with Crippen molar-refractivity contribution in [3.05, 3.63) is 58.6 Å². The Balaban J connectivity index is 2.32. The molecule has 0 fully saturated rings. The van der Waals surface area contributed by atoms with Crippen molar-refractivity contribution in [2.45, 2.75) is 0 Å². The van der Waals surface area contributed by atoms with Crippen LogP contribution < -0.4 is 10.1 Å². The monoisotopic (exact) mass is 305 g/mol. The van der Waals surface area contributed by atoms with E-state index in [2.05, 4.69) is 21.2 Å². The minimum absolute atomic E-state index is 0.166. The maximum absolute atomic E-state index is 11.7. The summed E-state index contributed by atoms with van der Waals surface area (Å²) in [4.78, 5) is 11.7. The Morgan fingerprint density at radius 2 is 1.94 bits per heavy atom. The summed E-state index contributed by atoms with van der Waals surface area (Å²) in [5.41, 5.74) is 0.514. The molecule has 92 valence electrons. The van der Waals surface area contributed by atoms with Gasteiger partial charge in [0.2, 0.25) is 0 Å². The first-order valence-electron chi connectivity index (χ1n) is 5.45. The molecule has 0 bridgehead atoms. The van der Waals surface area contributed by atoms with Gasteiger partial charge in [0.15, 0.2) is 0 Å². The Hall–Kier alpha value is -1.81. The largest absolute Gasteiger partial charge is 0.456 e. The molecule has 0 spiro atoms. The van der Waals surface area contributed by atoms with E-state index >= 15 is 0 Å². The molecule has 0 aliphatic rings. The third-order valence-corrected chi connectivity index (χ3v) is 2.88. The van der Waals surface area contributed by atoms with E-state index in [4.69, 9.17) is 4.74 Å². The van der Waals surface area contributed by atoms with Gasteiger partial charge in [-0.3, -0.25) is 4.79 Å². The zero-order valence-electron chi connectivity index (χ0n) is 9.81. The standard InChI is InChI=1S/C14H12BrNO2/c1-16-14(17)12-7-2-3-8-13(12)18-11-6-4-5-10(15)9-11/h2-9H,1H3,(H,16,17). The van der Waals surface area contributed by atoms with Crippen molar-refractivity contribution in [3.8, 4) is 11.5 Å². The molecule has 0 unspecified atom stereocenters. The maximum Gasteiger partial charge on any atom is 0.254 e. The Labute approximate surface area is 114 Å². The van der Waals surface area contributed by atoms with Gasteiger partial charge in [0.05, 0.1) is 5.56 Å². The van der Waals surface area contributed by atoms with Gasteiger partial charge in [0.1, 0.15) is 11.5 Å². The summed E-state index contributed by atoms with van der Waals surface area (Å²) >= 11 is 3.38. The molecule has 0 radical (unpaired) electrons. The zero-order chi connectivity index (χ0) is 13.0. The van der Waals surface area contributed by atoms with E-state index in [1.807, 2.05) is 30.3 Å². The Morgan fingerprint density at radius 1 is 1.17 bits per heavy atom. The Kier molecular flexibility index (Phi) is 3.99. The van der Waals surface area contributed by atoms with Crippen LogP contribution in [0.15, 0.2) is 53.0 Å². The average Bonchev–Trinajstić information content (AvgIpc) is 2.38. The van der Waals surface area contributed by atoms with Crippen molar-refractivity contribution in [2.75, 3.05) is 7.05 Å². The summed E-state index contributed by atoms with van der Waals surface area (Å²) in [6, 6.07) is 14.6. The molecule has 2 aromatic carbocycles. The van der Waals surface area contributed by atoms with Crippen LogP contribution in [0.3, 0.4) is 0 Å². The van der Waals surface area contributed by atoms with Gasteiger partial charge in [-0.1, -0.05) is 34.1 Å². The first-order valence-corrected chi connectivity index (χ1v) is 6.24. The lowest BCUT2D eigenvalue weighted by Gasteiger charge is -2.10. The van der Waals surface area contributed by atoms with Gasteiger partial charge in [0, 0.05) is 11.5 Å². The molecule has 2 aromatic rings. The minimum Gasteiger partial charge on any atom is -0.456 e. The van der Waals surface area contributed by atoms with E-state index in [9.17, 15) is 4.79 Å². The molecule has 0 aromatic heterocycles. The molecule has 0 aliphatic heterocycles. The van der Waals surface area contributed by atoms with Crippen molar-refractivity contribution in [1.29, 1.82) is 0 Å². The van der Waals surface area contributed by atoms with Crippen molar-refractivity contribution in [2.24, 2.45) is 0 Å². The highest BCUT2D eigenvalue weighted by Gasteiger charge is 2.10. The number of amides is 1. The summed E-state index contributed by atoms with van der Waals surface area (Å²) in [6.07, 6.45) is 0. The van der Waals surface area contributed by atoms with Gasteiger partial charge >= 0.3 is 0 Å². The molecule has 0 heterocycles. The highest BCUT2D eigenvalue weighted by atomic mass is 79.9. The molecular weight excluding hydrogens is 294 g/mol. The highest BCUT2D eigenvalue weighted by molar-refractivity contribution is 9.10. The molecule has 18 heavy (non-hydrogen) atoms. The number of nitrogens with one attached hydrogen (secondary N) is 1. The van der Waals surface area contributed by atoms with Crippen molar-refractivity contribution in [3.63, 3.8) is 0 Å². The number of halogens is 1. The van der Waals surface area contributed by atoms with E-state index in [1.165, 1.54) is 0 Å². The van der Waals surface area contributed by atoms with Crippen molar-refractivity contribution in [1.82, 2.24) is 5.32 Å². The van der Waals surface area contributed by atoms with Gasteiger partial charge in [-0.2, -0.15) is 0 Å². The van der Waals surface area contributed by atoms with Gasteiger partial charge < -0.3 is 10.1 Å². The molecule has 0 atom stereocenters. The predicted molar refractivity (Wildman–Crippen MR) is 74.0 cm³/mol. The molecule has 4 heteroatoms. The summed E-state index contributed by atoms with van der Waals surface area (Å²) < 4.78 is 6.65. The van der Waals surface area contributed by atoms with Crippen molar-refractivity contribution < 1.29 is 9.53 Å². The summed E-state index contributed by atoms with van der Waals surface area (Å²) in [7, 11) is 1.60. The minimum atomic E-state index is -0.166. The first kappa shape index (κ1) is 12.6. The molecule has 0 saturated heterocycles. The fraction of sp³-hybridized carbons (Fsp3) is 0.0714. The van der Waals surface area contributed by atoms with E-state index in [0.717, 1.165) is 4.47 Å². The van der Waals surface area contributed by atoms with Crippen LogP contribution in [-0.4, -0.2) is 13.0 Å². The third-order valence-electron chi connectivity index (χ3n) is 2.38. The van der Waals surface area contributed by atoms with E-state index < -0.39 is 0 Å².